The number of carbonyl (C=O) groups is 3. The lowest BCUT2D eigenvalue weighted by molar-refractivity contribution is -0.149. The molecule has 0 aromatic heterocycles. The third kappa shape index (κ3) is 4.59. The van der Waals surface area contributed by atoms with Crippen LogP contribution in [0.1, 0.15) is 26.7 Å². The van der Waals surface area contributed by atoms with E-state index in [9.17, 15) is 19.5 Å². The zero-order valence-electron chi connectivity index (χ0n) is 12.5. The molecule has 8 heteroatoms. The predicted molar refractivity (Wildman–Crippen MR) is 74.5 cm³/mol. The second kappa shape index (κ2) is 7.26. The highest BCUT2D eigenvalue weighted by Crippen LogP contribution is 2.22. The number of amides is 3. The average Bonchev–Trinajstić information content (AvgIpc) is 2.80. The van der Waals surface area contributed by atoms with Gasteiger partial charge in [-0.1, -0.05) is 13.8 Å². The third-order valence-electron chi connectivity index (χ3n) is 3.49. The molecule has 1 fully saturated rings. The van der Waals surface area contributed by atoms with Crippen molar-refractivity contribution in [2.24, 2.45) is 11.7 Å². The smallest absolute Gasteiger partial charge is 0.326 e. The van der Waals surface area contributed by atoms with Crippen LogP contribution in [0.25, 0.3) is 0 Å². The molecule has 8 nitrogen and oxygen atoms in total. The van der Waals surface area contributed by atoms with Crippen LogP contribution in [-0.2, 0) is 14.3 Å². The number of primary amides is 1. The number of ether oxygens (including phenoxy) is 1. The number of aliphatic carboxylic acids is 1. The van der Waals surface area contributed by atoms with Crippen molar-refractivity contribution in [1.82, 2.24) is 10.2 Å². The lowest BCUT2D eigenvalue weighted by Crippen LogP contribution is -2.53. The summed E-state index contributed by atoms with van der Waals surface area (Å²) >= 11 is 0. The van der Waals surface area contributed by atoms with Gasteiger partial charge in [-0.05, 0) is 12.3 Å². The fraction of sp³-hybridized carbons (Fsp3) is 0.769. The largest absolute Gasteiger partial charge is 0.480 e. The first-order chi connectivity index (χ1) is 9.76. The Labute approximate surface area is 123 Å². The van der Waals surface area contributed by atoms with Crippen LogP contribution in [0.15, 0.2) is 0 Å². The third-order valence-corrected chi connectivity index (χ3v) is 3.49. The highest BCUT2D eigenvalue weighted by Gasteiger charge is 2.42. The number of nitrogens with two attached hydrogens (primary N) is 1. The number of nitrogens with zero attached hydrogens (tertiary/aromatic N) is 1. The summed E-state index contributed by atoms with van der Waals surface area (Å²) in [6, 6.07) is -2.56. The molecule has 0 aliphatic carbocycles. The van der Waals surface area contributed by atoms with Crippen molar-refractivity contribution in [3.8, 4) is 0 Å². The number of likely N-dealkylation sites (tertiary alicyclic amines) is 1. The van der Waals surface area contributed by atoms with Crippen LogP contribution in [0.2, 0.25) is 0 Å². The molecule has 0 aromatic rings. The summed E-state index contributed by atoms with van der Waals surface area (Å²) in [5.74, 6) is -1.37. The first kappa shape index (κ1) is 17.2. The lowest BCUT2D eigenvalue weighted by Gasteiger charge is -2.27. The molecule has 4 N–H and O–H groups in total. The van der Waals surface area contributed by atoms with Crippen LogP contribution >= 0.6 is 0 Å². The van der Waals surface area contributed by atoms with E-state index < -0.39 is 30.0 Å². The summed E-state index contributed by atoms with van der Waals surface area (Å²) in [4.78, 5) is 36.1. The Balaban J connectivity index is 2.89. The van der Waals surface area contributed by atoms with Crippen LogP contribution < -0.4 is 11.1 Å². The molecule has 3 atom stereocenters. The van der Waals surface area contributed by atoms with Gasteiger partial charge in [0.25, 0.3) is 0 Å². The quantitative estimate of drug-likeness (QED) is 0.625. The van der Waals surface area contributed by atoms with Crippen LogP contribution in [0.3, 0.4) is 0 Å². The molecule has 1 heterocycles. The van der Waals surface area contributed by atoms with Gasteiger partial charge >= 0.3 is 12.0 Å². The van der Waals surface area contributed by atoms with E-state index in [4.69, 9.17) is 10.5 Å². The fourth-order valence-corrected chi connectivity index (χ4v) is 2.51. The molecule has 1 saturated heterocycles. The summed E-state index contributed by atoms with van der Waals surface area (Å²) in [5.41, 5.74) is 5.09. The standard InChI is InChI=1S/C13H23N3O5/c1-7(2)4-9(15-13(14)20)11(17)16-6-8(21-3)5-10(16)12(18)19/h7-10H,4-6H2,1-3H3,(H,18,19)(H3,14,15,20). The molecule has 0 saturated carbocycles. The van der Waals surface area contributed by atoms with Gasteiger partial charge in [0.05, 0.1) is 6.10 Å². The SMILES string of the molecule is COC1CC(C(=O)O)N(C(=O)C(CC(C)C)NC(N)=O)C1. The first-order valence-corrected chi connectivity index (χ1v) is 6.88. The van der Waals surface area contributed by atoms with Crippen molar-refractivity contribution in [3.05, 3.63) is 0 Å². The molecule has 0 spiro atoms. The van der Waals surface area contributed by atoms with Gasteiger partial charge in [-0.25, -0.2) is 9.59 Å². The number of methoxy groups -OCH3 is 1. The van der Waals surface area contributed by atoms with Gasteiger partial charge in [-0.15, -0.1) is 0 Å². The first-order valence-electron chi connectivity index (χ1n) is 6.88. The van der Waals surface area contributed by atoms with Crippen molar-refractivity contribution in [3.63, 3.8) is 0 Å². The zero-order valence-corrected chi connectivity index (χ0v) is 12.5. The maximum Gasteiger partial charge on any atom is 0.326 e. The molecule has 0 radical (unpaired) electrons. The van der Waals surface area contributed by atoms with Crippen molar-refractivity contribution < 1.29 is 24.2 Å². The second-order valence-electron chi connectivity index (χ2n) is 5.63. The molecule has 1 aliphatic rings. The van der Waals surface area contributed by atoms with E-state index in [1.165, 1.54) is 12.0 Å². The van der Waals surface area contributed by atoms with Crippen LogP contribution in [0, 0.1) is 5.92 Å². The topological polar surface area (TPSA) is 122 Å². The number of carboxylic acid groups (broad SMARTS) is 1. The fourth-order valence-electron chi connectivity index (χ4n) is 2.51. The van der Waals surface area contributed by atoms with E-state index in [1.54, 1.807) is 0 Å². The Morgan fingerprint density at radius 1 is 1.43 bits per heavy atom. The zero-order chi connectivity index (χ0) is 16.2. The monoisotopic (exact) mass is 301 g/mol. The molecule has 1 rings (SSSR count). The maximum absolute atomic E-state index is 12.5. The van der Waals surface area contributed by atoms with Crippen molar-refractivity contribution in [2.45, 2.75) is 44.9 Å². The second-order valence-corrected chi connectivity index (χ2v) is 5.63. The van der Waals surface area contributed by atoms with Gasteiger partial charge in [0.15, 0.2) is 0 Å². The Kier molecular flexibility index (Phi) is 5.95. The molecular formula is C13H23N3O5. The Hall–Kier alpha value is -1.83. The normalized spacial score (nSPS) is 23.1. The number of nitrogens with one attached hydrogen (secondary N) is 1. The molecule has 120 valence electrons. The highest BCUT2D eigenvalue weighted by molar-refractivity contribution is 5.90. The van der Waals surface area contributed by atoms with E-state index in [0.717, 1.165) is 0 Å². The van der Waals surface area contributed by atoms with Gasteiger partial charge in [0.2, 0.25) is 5.91 Å². The number of urea groups is 1. The van der Waals surface area contributed by atoms with Crippen molar-refractivity contribution in [2.75, 3.05) is 13.7 Å². The lowest BCUT2D eigenvalue weighted by atomic mass is 10.0. The van der Waals surface area contributed by atoms with Gasteiger partial charge in [0, 0.05) is 20.1 Å². The molecule has 3 unspecified atom stereocenters. The summed E-state index contributed by atoms with van der Waals surface area (Å²) in [6.07, 6.45) is 0.313. The minimum absolute atomic E-state index is 0.148. The number of hydrogen-bond donors (Lipinski definition) is 3. The van der Waals surface area contributed by atoms with Gasteiger partial charge in [-0.2, -0.15) is 0 Å². The molecular weight excluding hydrogens is 278 g/mol. The summed E-state index contributed by atoms with van der Waals surface area (Å²) in [6.45, 7) is 4.00. The number of rotatable bonds is 6. The summed E-state index contributed by atoms with van der Waals surface area (Å²) in [7, 11) is 1.48. The number of carboxylic acids is 1. The van der Waals surface area contributed by atoms with Crippen LogP contribution in [-0.4, -0.2) is 59.8 Å². The summed E-state index contributed by atoms with van der Waals surface area (Å²) in [5, 5.41) is 11.6. The Morgan fingerprint density at radius 2 is 2.05 bits per heavy atom. The predicted octanol–water partition coefficient (Wildman–Crippen LogP) is -0.230. The molecule has 0 aromatic carbocycles. The van der Waals surface area contributed by atoms with Crippen LogP contribution in [0.4, 0.5) is 4.79 Å². The minimum Gasteiger partial charge on any atom is -0.480 e. The minimum atomic E-state index is -1.08. The van der Waals surface area contributed by atoms with E-state index in [-0.39, 0.29) is 25.0 Å². The number of carbonyl (C=O) groups excluding carboxylic acids is 2. The molecule has 21 heavy (non-hydrogen) atoms. The molecule has 3 amide bonds. The maximum atomic E-state index is 12.5. The van der Waals surface area contributed by atoms with E-state index in [0.29, 0.717) is 6.42 Å². The van der Waals surface area contributed by atoms with E-state index in [1.807, 2.05) is 13.8 Å². The van der Waals surface area contributed by atoms with Crippen molar-refractivity contribution >= 4 is 17.9 Å². The molecule has 0 bridgehead atoms. The molecule has 1 aliphatic heterocycles. The van der Waals surface area contributed by atoms with Crippen LogP contribution in [0.5, 0.6) is 0 Å². The average molecular weight is 301 g/mol. The van der Waals surface area contributed by atoms with Gasteiger partial charge in [0.1, 0.15) is 12.1 Å². The Bertz CT molecular complexity index is 413. The van der Waals surface area contributed by atoms with E-state index >= 15 is 0 Å². The van der Waals surface area contributed by atoms with Gasteiger partial charge in [-0.3, -0.25) is 4.79 Å². The van der Waals surface area contributed by atoms with Gasteiger partial charge < -0.3 is 25.8 Å². The number of hydrogen-bond acceptors (Lipinski definition) is 4. The van der Waals surface area contributed by atoms with Crippen molar-refractivity contribution in [1.29, 1.82) is 0 Å². The summed E-state index contributed by atoms with van der Waals surface area (Å²) < 4.78 is 5.14. The highest BCUT2D eigenvalue weighted by atomic mass is 16.5. The van der Waals surface area contributed by atoms with E-state index in [2.05, 4.69) is 5.32 Å². The Morgan fingerprint density at radius 3 is 2.48 bits per heavy atom.